The van der Waals surface area contributed by atoms with E-state index in [-0.39, 0.29) is 0 Å². The van der Waals surface area contributed by atoms with Crippen LogP contribution in [0.5, 0.6) is 11.5 Å². The van der Waals surface area contributed by atoms with Crippen LogP contribution in [0.1, 0.15) is 0 Å². The Morgan fingerprint density at radius 2 is 1.95 bits per heavy atom. The van der Waals surface area contributed by atoms with Gasteiger partial charge in [-0.05, 0) is 0 Å². The highest BCUT2D eigenvalue weighted by Crippen LogP contribution is 2.31. The third-order valence-corrected chi connectivity index (χ3v) is 3.81. The van der Waals surface area contributed by atoms with Crippen LogP contribution in [0, 0.1) is 0 Å². The number of ether oxygens (including phenoxy) is 3. The van der Waals surface area contributed by atoms with Crippen molar-refractivity contribution in [1.29, 1.82) is 0 Å². The van der Waals surface area contributed by atoms with Crippen molar-refractivity contribution in [3.8, 4) is 11.5 Å². The smallest absolute Gasteiger partial charge is 0.201 e. The number of nitrogens with zero attached hydrogens (tertiary/aromatic N) is 2. The number of benzene rings is 1. The molecule has 2 N–H and O–H groups in total. The Bertz CT molecular complexity index is 582. The molecule has 0 spiro atoms. The van der Waals surface area contributed by atoms with Crippen molar-refractivity contribution in [2.24, 2.45) is 0 Å². The SMILES string of the molecule is COc1cc2nc(NCCN3CCOCC3)[nH]c2cc1OC. The van der Waals surface area contributed by atoms with Crippen LogP contribution in [-0.4, -0.2) is 68.5 Å². The van der Waals surface area contributed by atoms with Crippen LogP contribution in [0.15, 0.2) is 12.1 Å². The maximum atomic E-state index is 5.34. The molecule has 0 unspecified atom stereocenters. The Hall–Kier alpha value is -1.99. The van der Waals surface area contributed by atoms with E-state index in [2.05, 4.69) is 20.2 Å². The van der Waals surface area contributed by atoms with Gasteiger partial charge in [0.1, 0.15) is 0 Å². The van der Waals surface area contributed by atoms with E-state index in [0.717, 1.165) is 56.4 Å². The van der Waals surface area contributed by atoms with Crippen LogP contribution in [0.4, 0.5) is 5.95 Å². The molecule has 0 atom stereocenters. The minimum absolute atomic E-state index is 0.682. The van der Waals surface area contributed by atoms with Crippen molar-refractivity contribution in [2.45, 2.75) is 0 Å². The molecule has 7 nitrogen and oxygen atoms in total. The topological polar surface area (TPSA) is 71.6 Å². The van der Waals surface area contributed by atoms with E-state index >= 15 is 0 Å². The maximum Gasteiger partial charge on any atom is 0.201 e. The van der Waals surface area contributed by atoms with Crippen LogP contribution in [0.3, 0.4) is 0 Å². The molecule has 1 fully saturated rings. The predicted molar refractivity (Wildman–Crippen MR) is 84.9 cm³/mol. The van der Waals surface area contributed by atoms with Crippen LogP contribution < -0.4 is 14.8 Å². The number of H-pyrrole nitrogens is 1. The van der Waals surface area contributed by atoms with Gasteiger partial charge in [0.15, 0.2) is 11.5 Å². The lowest BCUT2D eigenvalue weighted by atomic mass is 10.3. The van der Waals surface area contributed by atoms with Gasteiger partial charge in [0.2, 0.25) is 5.95 Å². The molecular weight excluding hydrogens is 284 g/mol. The number of aromatic nitrogens is 2. The molecule has 1 aliphatic rings. The van der Waals surface area contributed by atoms with Crippen LogP contribution in [0.25, 0.3) is 11.0 Å². The quantitative estimate of drug-likeness (QED) is 0.839. The van der Waals surface area contributed by atoms with E-state index in [9.17, 15) is 0 Å². The van der Waals surface area contributed by atoms with Gasteiger partial charge in [0.05, 0.1) is 38.5 Å². The van der Waals surface area contributed by atoms with Crippen molar-refractivity contribution < 1.29 is 14.2 Å². The second-order valence-electron chi connectivity index (χ2n) is 5.19. The van der Waals surface area contributed by atoms with Gasteiger partial charge in [0, 0.05) is 38.3 Å². The van der Waals surface area contributed by atoms with Gasteiger partial charge in [-0.3, -0.25) is 4.90 Å². The highest BCUT2D eigenvalue weighted by atomic mass is 16.5. The maximum absolute atomic E-state index is 5.34. The second-order valence-corrected chi connectivity index (χ2v) is 5.19. The number of aromatic amines is 1. The molecule has 7 heteroatoms. The van der Waals surface area contributed by atoms with Gasteiger partial charge >= 0.3 is 0 Å². The van der Waals surface area contributed by atoms with Gasteiger partial charge in [-0.1, -0.05) is 0 Å². The minimum Gasteiger partial charge on any atom is -0.493 e. The molecule has 1 aromatic heterocycles. The fraction of sp³-hybridized carbons (Fsp3) is 0.533. The first-order valence-electron chi connectivity index (χ1n) is 7.46. The molecule has 0 bridgehead atoms. The van der Waals surface area contributed by atoms with Crippen molar-refractivity contribution in [1.82, 2.24) is 14.9 Å². The van der Waals surface area contributed by atoms with Crippen molar-refractivity contribution in [2.75, 3.05) is 58.9 Å². The standard InChI is InChI=1S/C15H22N4O3/c1-20-13-9-11-12(10-14(13)21-2)18-15(17-11)16-3-4-19-5-7-22-8-6-19/h9-10H,3-8H2,1-2H3,(H2,16,17,18). The normalized spacial score (nSPS) is 15.9. The summed E-state index contributed by atoms with van der Waals surface area (Å²) in [4.78, 5) is 10.2. The van der Waals surface area contributed by atoms with Crippen molar-refractivity contribution in [3.05, 3.63) is 12.1 Å². The zero-order valence-electron chi connectivity index (χ0n) is 13.0. The predicted octanol–water partition coefficient (Wildman–Crippen LogP) is 1.32. The highest BCUT2D eigenvalue weighted by molar-refractivity contribution is 5.81. The summed E-state index contributed by atoms with van der Waals surface area (Å²) < 4.78 is 15.9. The Kier molecular flexibility index (Phi) is 4.65. The average molecular weight is 306 g/mol. The van der Waals surface area contributed by atoms with E-state index in [1.165, 1.54) is 0 Å². The molecule has 0 amide bonds. The van der Waals surface area contributed by atoms with E-state index in [1.54, 1.807) is 14.2 Å². The molecule has 22 heavy (non-hydrogen) atoms. The summed E-state index contributed by atoms with van der Waals surface area (Å²) in [7, 11) is 3.25. The molecular formula is C15H22N4O3. The van der Waals surface area contributed by atoms with Gasteiger partial charge in [0.25, 0.3) is 0 Å². The molecule has 0 aliphatic carbocycles. The number of methoxy groups -OCH3 is 2. The monoisotopic (exact) mass is 306 g/mol. The Labute approximate surface area is 129 Å². The zero-order chi connectivity index (χ0) is 15.4. The summed E-state index contributed by atoms with van der Waals surface area (Å²) in [6.45, 7) is 5.46. The molecule has 120 valence electrons. The van der Waals surface area contributed by atoms with Crippen molar-refractivity contribution in [3.63, 3.8) is 0 Å². The van der Waals surface area contributed by atoms with E-state index in [1.807, 2.05) is 12.1 Å². The number of nitrogens with one attached hydrogen (secondary N) is 2. The molecule has 1 saturated heterocycles. The number of fused-ring (bicyclic) bond motifs is 1. The van der Waals surface area contributed by atoms with Crippen molar-refractivity contribution >= 4 is 17.0 Å². The Morgan fingerprint density at radius 3 is 2.68 bits per heavy atom. The van der Waals surface area contributed by atoms with E-state index in [0.29, 0.717) is 11.5 Å². The zero-order valence-corrected chi connectivity index (χ0v) is 13.0. The first-order valence-corrected chi connectivity index (χ1v) is 7.46. The number of anilines is 1. The second kappa shape index (κ2) is 6.85. The fourth-order valence-corrected chi connectivity index (χ4v) is 2.58. The number of morpholine rings is 1. The van der Waals surface area contributed by atoms with Gasteiger partial charge in [-0.2, -0.15) is 0 Å². The third-order valence-electron chi connectivity index (χ3n) is 3.81. The van der Waals surface area contributed by atoms with Crippen LogP contribution in [0.2, 0.25) is 0 Å². The number of imidazole rings is 1. The summed E-state index contributed by atoms with van der Waals surface area (Å²) in [5.41, 5.74) is 1.78. The number of rotatable bonds is 6. The summed E-state index contributed by atoms with van der Waals surface area (Å²) in [5.74, 6) is 2.14. The van der Waals surface area contributed by atoms with Crippen LogP contribution in [-0.2, 0) is 4.74 Å². The lowest BCUT2D eigenvalue weighted by molar-refractivity contribution is 0.0398. The summed E-state index contributed by atoms with van der Waals surface area (Å²) >= 11 is 0. The Balaban J connectivity index is 1.64. The van der Waals surface area contributed by atoms with Gasteiger partial charge < -0.3 is 24.5 Å². The third kappa shape index (κ3) is 3.26. The molecule has 2 heterocycles. The molecule has 2 aromatic rings. The van der Waals surface area contributed by atoms with E-state index in [4.69, 9.17) is 14.2 Å². The molecule has 3 rings (SSSR count). The largest absolute Gasteiger partial charge is 0.493 e. The van der Waals surface area contributed by atoms with Gasteiger partial charge in [-0.15, -0.1) is 0 Å². The lowest BCUT2D eigenvalue weighted by Gasteiger charge is -2.26. The summed E-state index contributed by atoms with van der Waals surface area (Å²) in [5, 5.41) is 3.33. The molecule has 1 aromatic carbocycles. The summed E-state index contributed by atoms with van der Waals surface area (Å²) in [6.07, 6.45) is 0. The Morgan fingerprint density at radius 1 is 1.23 bits per heavy atom. The molecule has 0 radical (unpaired) electrons. The molecule has 0 saturated carbocycles. The number of hydrogen-bond donors (Lipinski definition) is 2. The van der Waals surface area contributed by atoms with Crippen LogP contribution >= 0.6 is 0 Å². The fourth-order valence-electron chi connectivity index (χ4n) is 2.58. The van der Waals surface area contributed by atoms with Gasteiger partial charge in [-0.25, -0.2) is 4.98 Å². The first-order chi connectivity index (χ1) is 10.8. The first kappa shape index (κ1) is 14.9. The number of hydrogen-bond acceptors (Lipinski definition) is 6. The molecule has 1 aliphatic heterocycles. The highest BCUT2D eigenvalue weighted by Gasteiger charge is 2.11. The lowest BCUT2D eigenvalue weighted by Crippen LogP contribution is -2.39. The summed E-state index contributed by atoms with van der Waals surface area (Å²) in [6, 6.07) is 3.77. The average Bonchev–Trinajstić information content (AvgIpc) is 2.96. The van der Waals surface area contributed by atoms with E-state index < -0.39 is 0 Å². The minimum atomic E-state index is 0.682.